The zero-order valence-corrected chi connectivity index (χ0v) is 31.2. The van der Waals surface area contributed by atoms with Gasteiger partial charge in [-0.25, -0.2) is 12.2 Å². The maximum Gasteiger partial charge on any atom is 2.00 e. The van der Waals surface area contributed by atoms with Crippen LogP contribution in [0.5, 0.6) is 0 Å². The minimum absolute atomic E-state index is 0. The van der Waals surface area contributed by atoms with E-state index in [2.05, 4.69) is 24.3 Å². The molecule has 8 fully saturated rings. The second-order valence-electron chi connectivity index (χ2n) is 17.6. The molecule has 0 aromatic heterocycles. The number of rotatable bonds is 0. The molecule has 0 N–H and O–H groups in total. The molecule has 0 aromatic carbocycles. The summed E-state index contributed by atoms with van der Waals surface area (Å²) in [5.41, 5.74) is 0.212. The fourth-order valence-corrected chi connectivity index (χ4v) is 14.2. The van der Waals surface area contributed by atoms with Crippen LogP contribution in [-0.4, -0.2) is 23.4 Å². The predicted molar refractivity (Wildman–Crippen MR) is 177 cm³/mol. The van der Waals surface area contributed by atoms with Gasteiger partial charge >= 0.3 is 21.1 Å². The Morgan fingerprint density at radius 1 is 0.378 bits per heavy atom. The third kappa shape index (κ3) is 5.42. The first-order chi connectivity index (χ1) is 21.8. The van der Waals surface area contributed by atoms with E-state index >= 15 is 0 Å². The molecular formula is C42H62O2W. The number of hydrogen-bond donors (Lipinski definition) is 0. The quantitative estimate of drug-likeness (QED) is 0.228. The minimum atomic E-state index is 0. The minimum Gasteiger partial charge on any atom is -0.492 e. The summed E-state index contributed by atoms with van der Waals surface area (Å²) in [6.07, 6.45) is 47.8. The van der Waals surface area contributed by atoms with Crippen LogP contribution < -0.4 is 0 Å². The van der Waals surface area contributed by atoms with Crippen LogP contribution in [0, 0.1) is 71.3 Å². The number of fused-ring (bicyclic) bond motifs is 12. The standard InChI is InChI=1S/2C21H31O.W/c2*1-6-12-20-15(7-1)13-14-21(22-20)18-10-4-2-8-16(18)17-9-3-5-11-19(17)21;/h2*14-20H,1-12H2;/q2*-1;+2. The summed E-state index contributed by atoms with van der Waals surface area (Å²) in [6, 6.07) is 0. The van der Waals surface area contributed by atoms with Gasteiger partial charge in [0.25, 0.3) is 0 Å². The average Bonchev–Trinajstić information content (AvgIpc) is 3.52. The second-order valence-corrected chi connectivity index (χ2v) is 17.6. The van der Waals surface area contributed by atoms with Gasteiger partial charge in [0, 0.05) is 12.2 Å². The van der Waals surface area contributed by atoms with E-state index in [0.29, 0.717) is 24.0 Å². The molecule has 10 rings (SSSR count). The summed E-state index contributed by atoms with van der Waals surface area (Å²) < 4.78 is 14.1. The summed E-state index contributed by atoms with van der Waals surface area (Å²) in [6.45, 7) is 0. The van der Waals surface area contributed by atoms with Crippen molar-refractivity contribution in [2.24, 2.45) is 59.2 Å². The first-order valence-electron chi connectivity index (χ1n) is 20.3. The summed E-state index contributed by atoms with van der Waals surface area (Å²) in [5.74, 6) is 8.40. The largest absolute Gasteiger partial charge is 2.00 e. The fourth-order valence-electron chi connectivity index (χ4n) is 14.2. The van der Waals surface area contributed by atoms with Crippen molar-refractivity contribution in [2.45, 2.75) is 178 Å². The molecule has 2 spiro atoms. The van der Waals surface area contributed by atoms with Gasteiger partial charge in [-0.2, -0.15) is 0 Å². The Kier molecular flexibility index (Phi) is 9.64. The summed E-state index contributed by atoms with van der Waals surface area (Å²) in [4.78, 5) is 0. The zero-order chi connectivity index (χ0) is 29.1. The van der Waals surface area contributed by atoms with Crippen LogP contribution in [0.3, 0.4) is 0 Å². The van der Waals surface area contributed by atoms with Crippen LogP contribution >= 0.6 is 0 Å². The Bertz CT molecular complexity index is 953. The SMILES string of the molecule is [C-]1=CC2(OC3CCCCC13)C1CCCCC1C1CCCCC12.[C-]1=CC2(OC3CCCCC13)C1CCCCC1C1CCCCC12.[W+2]. The van der Waals surface area contributed by atoms with E-state index in [1.807, 2.05) is 0 Å². The maximum absolute atomic E-state index is 7.06. The van der Waals surface area contributed by atoms with Gasteiger partial charge in [-0.15, -0.1) is 11.8 Å². The van der Waals surface area contributed by atoms with Crippen LogP contribution in [0.2, 0.25) is 0 Å². The van der Waals surface area contributed by atoms with Crippen LogP contribution in [0.15, 0.2) is 12.2 Å². The first kappa shape index (κ1) is 32.3. The second kappa shape index (κ2) is 13.4. The average molecular weight is 783 g/mol. The van der Waals surface area contributed by atoms with Gasteiger partial charge in [0.05, 0.1) is 11.2 Å². The van der Waals surface area contributed by atoms with E-state index in [1.165, 1.54) is 154 Å². The molecule has 45 heavy (non-hydrogen) atoms. The van der Waals surface area contributed by atoms with Gasteiger partial charge in [-0.1, -0.05) is 89.9 Å². The van der Waals surface area contributed by atoms with Gasteiger partial charge < -0.3 is 21.6 Å². The van der Waals surface area contributed by atoms with Crippen molar-refractivity contribution >= 4 is 0 Å². The molecule has 0 amide bonds. The Morgan fingerprint density at radius 2 is 0.667 bits per heavy atom. The first-order valence-corrected chi connectivity index (χ1v) is 20.3. The number of hydrogen-bond acceptors (Lipinski definition) is 2. The molecule has 12 atom stereocenters. The maximum atomic E-state index is 7.06. The molecule has 8 saturated carbocycles. The van der Waals surface area contributed by atoms with Crippen molar-refractivity contribution in [3.05, 3.63) is 24.3 Å². The van der Waals surface area contributed by atoms with Gasteiger partial charge in [-0.05, 0) is 112 Å². The van der Waals surface area contributed by atoms with E-state index in [9.17, 15) is 0 Å². The molecule has 8 aliphatic carbocycles. The molecule has 2 aliphatic heterocycles. The molecular weight excluding hydrogens is 720 g/mol. The van der Waals surface area contributed by atoms with Crippen LogP contribution in [0.25, 0.3) is 0 Å². The normalized spacial score (nSPS) is 52.6. The molecule has 12 unspecified atom stereocenters. The molecule has 248 valence electrons. The summed E-state index contributed by atoms with van der Waals surface area (Å²) >= 11 is 0. The Balaban J connectivity index is 0.000000131. The Morgan fingerprint density at radius 3 is 1.02 bits per heavy atom. The van der Waals surface area contributed by atoms with E-state index in [1.54, 1.807) is 0 Å². The monoisotopic (exact) mass is 782 g/mol. The van der Waals surface area contributed by atoms with Gasteiger partial charge in [-0.3, -0.25) is 0 Å². The van der Waals surface area contributed by atoms with E-state index in [0.717, 1.165) is 47.3 Å². The Labute approximate surface area is 290 Å². The van der Waals surface area contributed by atoms with Crippen LogP contribution in [-0.2, 0) is 30.5 Å². The van der Waals surface area contributed by atoms with Crippen molar-refractivity contribution in [3.63, 3.8) is 0 Å². The third-order valence-corrected chi connectivity index (χ3v) is 15.9. The van der Waals surface area contributed by atoms with Gasteiger partial charge in [0.2, 0.25) is 0 Å². The molecule has 2 nitrogen and oxygen atoms in total. The third-order valence-electron chi connectivity index (χ3n) is 15.9. The molecule has 3 heteroatoms. The van der Waals surface area contributed by atoms with Gasteiger partial charge in [0.1, 0.15) is 0 Å². The molecule has 0 saturated heterocycles. The van der Waals surface area contributed by atoms with Crippen molar-refractivity contribution in [3.8, 4) is 0 Å². The van der Waals surface area contributed by atoms with Crippen molar-refractivity contribution in [1.82, 2.24) is 0 Å². The fraction of sp³-hybridized carbons (Fsp3) is 0.905. The molecule has 0 radical (unpaired) electrons. The summed E-state index contributed by atoms with van der Waals surface area (Å²) in [7, 11) is 0. The predicted octanol–water partition coefficient (Wildman–Crippen LogP) is 10.6. The van der Waals surface area contributed by atoms with Crippen molar-refractivity contribution in [1.29, 1.82) is 0 Å². The molecule has 0 aromatic rings. The van der Waals surface area contributed by atoms with E-state index in [4.69, 9.17) is 9.47 Å². The molecule has 10 aliphatic rings. The zero-order valence-electron chi connectivity index (χ0n) is 28.3. The van der Waals surface area contributed by atoms with Crippen molar-refractivity contribution in [2.75, 3.05) is 0 Å². The van der Waals surface area contributed by atoms with Gasteiger partial charge in [0.15, 0.2) is 0 Å². The van der Waals surface area contributed by atoms with E-state index < -0.39 is 0 Å². The molecule has 0 bridgehead atoms. The van der Waals surface area contributed by atoms with E-state index in [-0.39, 0.29) is 32.3 Å². The smallest absolute Gasteiger partial charge is 0.492 e. The van der Waals surface area contributed by atoms with Crippen LogP contribution in [0.1, 0.15) is 154 Å². The topological polar surface area (TPSA) is 18.5 Å². The summed E-state index contributed by atoms with van der Waals surface area (Å²) in [5, 5.41) is 0. The van der Waals surface area contributed by atoms with Crippen molar-refractivity contribution < 1.29 is 30.5 Å². The molecule has 2 heterocycles. The van der Waals surface area contributed by atoms with Crippen LogP contribution in [0.4, 0.5) is 0 Å². The number of ether oxygens (including phenoxy) is 2. The Hall–Kier alpha value is 0.0883.